The Balaban J connectivity index is 1.50. The van der Waals surface area contributed by atoms with Crippen LogP contribution in [0.25, 0.3) is 11.1 Å². The van der Waals surface area contributed by atoms with Crippen molar-refractivity contribution in [2.45, 2.75) is 31.4 Å². The van der Waals surface area contributed by atoms with Crippen molar-refractivity contribution in [2.24, 2.45) is 0 Å². The van der Waals surface area contributed by atoms with Crippen molar-refractivity contribution < 1.29 is 14.3 Å². The topological polar surface area (TPSA) is 96.5 Å². The molecule has 0 bridgehead atoms. The fraction of sp³-hybridized carbons (Fsp3) is 0.467. The smallest absolute Gasteiger partial charge is 0.408 e. The maximum Gasteiger partial charge on any atom is 0.420 e. The van der Waals surface area contributed by atoms with Crippen LogP contribution < -0.4 is 16.4 Å². The number of carbonyl (C=O) groups excluding carboxylic acids is 1. The predicted molar refractivity (Wildman–Crippen MR) is 80.7 cm³/mol. The second kappa shape index (κ2) is 5.84. The Morgan fingerprint density at radius 1 is 1.32 bits per heavy atom. The van der Waals surface area contributed by atoms with Gasteiger partial charge in [0.1, 0.15) is 0 Å². The molecule has 0 radical (unpaired) electrons. The Bertz CT molecular complexity index is 730. The van der Waals surface area contributed by atoms with Crippen molar-refractivity contribution in [2.75, 3.05) is 13.1 Å². The number of carbonyl (C=O) groups is 1. The third-order valence-electron chi connectivity index (χ3n) is 4.06. The van der Waals surface area contributed by atoms with Gasteiger partial charge in [0, 0.05) is 19.6 Å². The van der Waals surface area contributed by atoms with Gasteiger partial charge >= 0.3 is 11.8 Å². The number of aliphatic hydroxyl groups is 1. The molecule has 1 aliphatic carbocycles. The minimum absolute atomic E-state index is 0.257. The molecular formula is C15H19N3O4. The molecule has 1 fully saturated rings. The molecule has 0 spiro atoms. The largest absolute Gasteiger partial charge is 0.420 e. The first-order chi connectivity index (χ1) is 10.6. The van der Waals surface area contributed by atoms with Crippen molar-refractivity contribution >= 4 is 17.1 Å². The SMILES string of the molecule is O=C(NCCn1c(=O)oc2ccccc21)NCC1(O)CCC1. The van der Waals surface area contributed by atoms with Gasteiger partial charge in [-0.1, -0.05) is 12.1 Å². The summed E-state index contributed by atoms with van der Waals surface area (Å²) in [6.45, 7) is 0.884. The van der Waals surface area contributed by atoms with Gasteiger partial charge in [-0.05, 0) is 31.4 Å². The maximum absolute atomic E-state index is 11.8. The van der Waals surface area contributed by atoms with Gasteiger partial charge < -0.3 is 20.2 Å². The van der Waals surface area contributed by atoms with Gasteiger partial charge in [0.05, 0.1) is 11.1 Å². The number of aromatic nitrogens is 1. The average molecular weight is 305 g/mol. The third kappa shape index (κ3) is 2.99. The first-order valence-corrected chi connectivity index (χ1v) is 7.40. The van der Waals surface area contributed by atoms with Crippen LogP contribution >= 0.6 is 0 Å². The van der Waals surface area contributed by atoms with E-state index >= 15 is 0 Å². The van der Waals surface area contributed by atoms with Crippen LogP contribution in [-0.4, -0.2) is 34.4 Å². The number of nitrogens with zero attached hydrogens (tertiary/aromatic N) is 1. The lowest BCUT2D eigenvalue weighted by atomic mass is 9.80. The molecule has 1 aromatic carbocycles. The van der Waals surface area contributed by atoms with Crippen LogP contribution in [0.4, 0.5) is 4.79 Å². The van der Waals surface area contributed by atoms with Crippen molar-refractivity contribution in [1.29, 1.82) is 0 Å². The number of hydrogen-bond acceptors (Lipinski definition) is 4. The maximum atomic E-state index is 11.8. The van der Waals surface area contributed by atoms with Gasteiger partial charge in [-0.3, -0.25) is 4.57 Å². The minimum Gasteiger partial charge on any atom is -0.408 e. The highest BCUT2D eigenvalue weighted by Crippen LogP contribution is 2.30. The summed E-state index contributed by atoms with van der Waals surface area (Å²) in [5.74, 6) is -0.438. The Morgan fingerprint density at radius 2 is 2.09 bits per heavy atom. The zero-order valence-electron chi connectivity index (χ0n) is 12.2. The molecule has 0 atom stereocenters. The minimum atomic E-state index is -0.741. The zero-order valence-corrected chi connectivity index (χ0v) is 12.2. The Kier molecular flexibility index (Phi) is 3.89. The van der Waals surface area contributed by atoms with E-state index in [1.165, 1.54) is 4.57 Å². The molecule has 0 saturated heterocycles. The van der Waals surface area contributed by atoms with Crippen LogP contribution in [0, 0.1) is 0 Å². The van der Waals surface area contributed by atoms with Crippen LogP contribution in [0.5, 0.6) is 0 Å². The van der Waals surface area contributed by atoms with E-state index in [2.05, 4.69) is 10.6 Å². The highest BCUT2D eigenvalue weighted by molar-refractivity contribution is 5.74. The van der Waals surface area contributed by atoms with Gasteiger partial charge in [0.15, 0.2) is 5.58 Å². The number of urea groups is 1. The van der Waals surface area contributed by atoms with Gasteiger partial charge in [-0.15, -0.1) is 0 Å². The second-order valence-corrected chi connectivity index (χ2v) is 5.67. The van der Waals surface area contributed by atoms with Crippen molar-refractivity contribution in [3.63, 3.8) is 0 Å². The molecular weight excluding hydrogens is 286 g/mol. The molecule has 22 heavy (non-hydrogen) atoms. The second-order valence-electron chi connectivity index (χ2n) is 5.67. The summed E-state index contributed by atoms with van der Waals surface area (Å²) in [6, 6.07) is 6.81. The molecule has 7 heteroatoms. The van der Waals surface area contributed by atoms with Crippen molar-refractivity contribution in [1.82, 2.24) is 15.2 Å². The van der Waals surface area contributed by atoms with Crippen LogP contribution in [0.1, 0.15) is 19.3 Å². The number of amides is 2. The van der Waals surface area contributed by atoms with E-state index in [1.54, 1.807) is 18.2 Å². The van der Waals surface area contributed by atoms with Gasteiger partial charge in [0.25, 0.3) is 0 Å². The summed E-state index contributed by atoms with van der Waals surface area (Å²) in [6.07, 6.45) is 2.45. The Hall–Kier alpha value is -2.28. The Morgan fingerprint density at radius 3 is 2.82 bits per heavy atom. The van der Waals surface area contributed by atoms with E-state index in [4.69, 9.17) is 4.42 Å². The van der Waals surface area contributed by atoms with E-state index in [0.717, 1.165) is 19.3 Å². The molecule has 2 aromatic rings. The lowest BCUT2D eigenvalue weighted by Crippen LogP contribution is -2.50. The average Bonchev–Trinajstić information content (AvgIpc) is 2.79. The number of para-hydroxylation sites is 2. The first kappa shape index (κ1) is 14.6. The fourth-order valence-corrected chi connectivity index (χ4v) is 2.58. The summed E-state index contributed by atoms with van der Waals surface area (Å²) in [5, 5.41) is 15.2. The summed E-state index contributed by atoms with van der Waals surface area (Å²) in [5.41, 5.74) is 0.498. The molecule has 2 amide bonds. The summed E-state index contributed by atoms with van der Waals surface area (Å²) in [4.78, 5) is 23.4. The molecule has 1 saturated carbocycles. The molecule has 3 rings (SSSR count). The molecule has 1 aromatic heterocycles. The third-order valence-corrected chi connectivity index (χ3v) is 4.06. The van der Waals surface area contributed by atoms with Gasteiger partial charge in [0.2, 0.25) is 0 Å². The number of fused-ring (bicyclic) bond motifs is 1. The van der Waals surface area contributed by atoms with Gasteiger partial charge in [-0.2, -0.15) is 0 Å². The molecule has 1 aliphatic rings. The number of oxazole rings is 1. The summed E-state index contributed by atoms with van der Waals surface area (Å²) in [7, 11) is 0. The van der Waals surface area contributed by atoms with E-state index in [0.29, 0.717) is 24.2 Å². The van der Waals surface area contributed by atoms with E-state index in [-0.39, 0.29) is 12.6 Å². The number of rotatable bonds is 5. The highest BCUT2D eigenvalue weighted by atomic mass is 16.4. The fourth-order valence-electron chi connectivity index (χ4n) is 2.58. The summed E-state index contributed by atoms with van der Waals surface area (Å²) < 4.78 is 6.60. The normalized spacial score (nSPS) is 16.2. The first-order valence-electron chi connectivity index (χ1n) is 7.40. The molecule has 118 valence electrons. The highest BCUT2D eigenvalue weighted by Gasteiger charge is 2.34. The predicted octanol–water partition coefficient (Wildman–Crippen LogP) is 0.809. The molecule has 3 N–H and O–H groups in total. The van der Waals surface area contributed by atoms with Crippen molar-refractivity contribution in [3.05, 3.63) is 34.8 Å². The van der Waals surface area contributed by atoms with Crippen LogP contribution in [0.15, 0.2) is 33.5 Å². The monoisotopic (exact) mass is 305 g/mol. The lowest BCUT2D eigenvalue weighted by Gasteiger charge is -2.36. The lowest BCUT2D eigenvalue weighted by molar-refractivity contribution is -0.0290. The number of nitrogens with one attached hydrogen (secondary N) is 2. The number of hydrogen-bond donors (Lipinski definition) is 3. The molecule has 1 heterocycles. The summed E-state index contributed by atoms with van der Waals surface area (Å²) >= 11 is 0. The number of benzene rings is 1. The molecule has 0 aliphatic heterocycles. The Labute approximate surface area is 126 Å². The quantitative estimate of drug-likeness (QED) is 0.761. The van der Waals surface area contributed by atoms with Crippen LogP contribution in [-0.2, 0) is 6.54 Å². The van der Waals surface area contributed by atoms with Crippen LogP contribution in [0.3, 0.4) is 0 Å². The molecule has 0 unspecified atom stereocenters. The van der Waals surface area contributed by atoms with Crippen molar-refractivity contribution in [3.8, 4) is 0 Å². The van der Waals surface area contributed by atoms with E-state index < -0.39 is 11.4 Å². The van der Waals surface area contributed by atoms with Gasteiger partial charge in [-0.25, -0.2) is 9.59 Å². The van der Waals surface area contributed by atoms with Crippen LogP contribution in [0.2, 0.25) is 0 Å². The molecule has 7 nitrogen and oxygen atoms in total. The van der Waals surface area contributed by atoms with E-state index in [1.807, 2.05) is 6.07 Å². The zero-order chi connectivity index (χ0) is 15.6. The van der Waals surface area contributed by atoms with E-state index in [9.17, 15) is 14.7 Å². The standard InChI is InChI=1S/C15H19N3O4/c19-13(17-10-15(21)6-3-7-15)16-8-9-18-11-4-1-2-5-12(11)22-14(18)20/h1-2,4-5,21H,3,6-10H2,(H2,16,17,19).